The predicted molar refractivity (Wildman–Crippen MR) is 89.1 cm³/mol. The van der Waals surface area contributed by atoms with Crippen molar-refractivity contribution >= 4 is 46.8 Å². The molecule has 0 fully saturated rings. The standard InChI is InChI=1S/C15H15Cl2NO7/c1-4-23-14(20)11(15(21)24-5-2)18-25-13(19)10-8(16)6-7-9(17)12(10)22-3/h6-7H,4-5H2,1-3H3. The van der Waals surface area contributed by atoms with E-state index in [0.717, 1.165) is 0 Å². The Morgan fingerprint density at radius 2 is 1.52 bits per heavy atom. The number of esters is 2. The van der Waals surface area contributed by atoms with Gasteiger partial charge in [0, 0.05) is 0 Å². The zero-order chi connectivity index (χ0) is 19.0. The Bertz CT molecular complexity index is 683. The van der Waals surface area contributed by atoms with E-state index in [0.29, 0.717) is 0 Å². The Kier molecular flexibility index (Phi) is 8.17. The molecule has 1 aromatic carbocycles. The highest BCUT2D eigenvalue weighted by Gasteiger charge is 2.27. The van der Waals surface area contributed by atoms with Crippen LogP contribution in [-0.4, -0.2) is 43.9 Å². The van der Waals surface area contributed by atoms with E-state index in [-0.39, 0.29) is 34.6 Å². The Morgan fingerprint density at radius 1 is 1.00 bits per heavy atom. The quantitative estimate of drug-likeness (QED) is 0.231. The van der Waals surface area contributed by atoms with Crippen molar-refractivity contribution in [1.29, 1.82) is 0 Å². The lowest BCUT2D eigenvalue weighted by molar-refractivity contribution is -0.140. The van der Waals surface area contributed by atoms with Gasteiger partial charge in [-0.15, -0.1) is 0 Å². The molecule has 0 aromatic heterocycles. The molecule has 0 heterocycles. The van der Waals surface area contributed by atoms with Crippen molar-refractivity contribution < 1.29 is 33.4 Å². The first-order valence-corrected chi connectivity index (χ1v) is 7.78. The van der Waals surface area contributed by atoms with Gasteiger partial charge in [-0.2, -0.15) is 0 Å². The maximum absolute atomic E-state index is 12.2. The molecule has 0 aliphatic rings. The Labute approximate surface area is 153 Å². The average molecular weight is 392 g/mol. The Balaban J connectivity index is 3.15. The summed E-state index contributed by atoms with van der Waals surface area (Å²) in [6, 6.07) is 2.77. The monoisotopic (exact) mass is 391 g/mol. The van der Waals surface area contributed by atoms with Gasteiger partial charge in [0.2, 0.25) is 0 Å². The minimum Gasteiger partial charge on any atom is -0.494 e. The van der Waals surface area contributed by atoms with E-state index in [4.69, 9.17) is 27.9 Å². The van der Waals surface area contributed by atoms with Crippen LogP contribution in [0.2, 0.25) is 10.0 Å². The second kappa shape index (κ2) is 9.85. The average Bonchev–Trinajstić information content (AvgIpc) is 2.57. The van der Waals surface area contributed by atoms with Gasteiger partial charge in [0.05, 0.1) is 30.4 Å². The molecule has 0 bridgehead atoms. The summed E-state index contributed by atoms with van der Waals surface area (Å²) >= 11 is 11.9. The van der Waals surface area contributed by atoms with Crippen molar-refractivity contribution in [2.75, 3.05) is 20.3 Å². The number of methoxy groups -OCH3 is 1. The van der Waals surface area contributed by atoms with E-state index in [1.807, 2.05) is 0 Å². The SMILES string of the molecule is CCOC(=O)C(=NOC(=O)c1c(Cl)ccc(Cl)c1OC)C(=O)OCC. The van der Waals surface area contributed by atoms with Gasteiger partial charge in [-0.05, 0) is 26.0 Å². The van der Waals surface area contributed by atoms with Gasteiger partial charge in [-0.3, -0.25) is 0 Å². The van der Waals surface area contributed by atoms with Gasteiger partial charge in [0.15, 0.2) is 5.75 Å². The number of hydrogen-bond donors (Lipinski definition) is 0. The van der Waals surface area contributed by atoms with E-state index >= 15 is 0 Å². The summed E-state index contributed by atoms with van der Waals surface area (Å²) in [5.41, 5.74) is -1.04. The number of benzene rings is 1. The Hall–Kier alpha value is -2.32. The third kappa shape index (κ3) is 5.33. The molecule has 0 aliphatic heterocycles. The zero-order valence-electron chi connectivity index (χ0n) is 13.6. The maximum atomic E-state index is 12.2. The molecule has 8 nitrogen and oxygen atoms in total. The van der Waals surface area contributed by atoms with Crippen LogP contribution < -0.4 is 4.74 Å². The largest absolute Gasteiger partial charge is 0.494 e. The van der Waals surface area contributed by atoms with E-state index in [2.05, 4.69) is 19.5 Å². The van der Waals surface area contributed by atoms with Crippen LogP contribution in [0.5, 0.6) is 5.75 Å². The van der Waals surface area contributed by atoms with Crippen LogP contribution in [0.3, 0.4) is 0 Å². The highest BCUT2D eigenvalue weighted by atomic mass is 35.5. The molecule has 0 unspecified atom stereocenters. The summed E-state index contributed by atoms with van der Waals surface area (Å²) in [5, 5.41) is 3.34. The second-order valence-electron chi connectivity index (χ2n) is 4.20. The van der Waals surface area contributed by atoms with E-state index in [1.165, 1.54) is 33.1 Å². The lowest BCUT2D eigenvalue weighted by atomic mass is 10.2. The van der Waals surface area contributed by atoms with Crippen LogP contribution in [0, 0.1) is 0 Å². The molecular weight excluding hydrogens is 377 g/mol. The number of carbonyl (C=O) groups excluding carboxylic acids is 3. The van der Waals surface area contributed by atoms with Gasteiger partial charge in [0.25, 0.3) is 5.71 Å². The highest BCUT2D eigenvalue weighted by molar-refractivity contribution is 6.62. The van der Waals surface area contributed by atoms with Gasteiger partial charge in [-0.25, -0.2) is 14.4 Å². The fraction of sp³-hybridized carbons (Fsp3) is 0.333. The molecule has 1 rings (SSSR count). The number of rotatable bonds is 7. The summed E-state index contributed by atoms with van der Waals surface area (Å²) in [5.74, 6) is -3.32. The van der Waals surface area contributed by atoms with Crippen LogP contribution in [0.15, 0.2) is 17.3 Å². The smallest absolute Gasteiger partial charge is 0.371 e. The topological polar surface area (TPSA) is 100 Å². The molecule has 25 heavy (non-hydrogen) atoms. The third-order valence-corrected chi connectivity index (χ3v) is 3.24. The molecule has 0 N–H and O–H groups in total. The number of hydrogen-bond acceptors (Lipinski definition) is 8. The zero-order valence-corrected chi connectivity index (χ0v) is 15.1. The van der Waals surface area contributed by atoms with Crippen molar-refractivity contribution in [2.24, 2.45) is 5.16 Å². The van der Waals surface area contributed by atoms with E-state index in [9.17, 15) is 14.4 Å². The van der Waals surface area contributed by atoms with Crippen molar-refractivity contribution in [3.8, 4) is 5.75 Å². The summed E-state index contributed by atoms with van der Waals surface area (Å²) in [6.07, 6.45) is 0. The molecule has 0 spiro atoms. The fourth-order valence-electron chi connectivity index (χ4n) is 1.61. The van der Waals surface area contributed by atoms with Crippen LogP contribution in [0.1, 0.15) is 24.2 Å². The molecule has 0 radical (unpaired) electrons. The molecule has 0 aliphatic carbocycles. The van der Waals surface area contributed by atoms with Crippen molar-refractivity contribution in [3.05, 3.63) is 27.7 Å². The lowest BCUT2D eigenvalue weighted by Gasteiger charge is -2.10. The number of nitrogens with zero attached hydrogens (tertiary/aromatic N) is 1. The third-order valence-electron chi connectivity index (χ3n) is 2.62. The summed E-state index contributed by atoms with van der Waals surface area (Å²) in [4.78, 5) is 40.3. The second-order valence-corrected chi connectivity index (χ2v) is 5.01. The van der Waals surface area contributed by atoms with Crippen LogP contribution in [-0.2, 0) is 23.9 Å². The first kappa shape index (κ1) is 20.7. The van der Waals surface area contributed by atoms with Gasteiger partial charge < -0.3 is 19.0 Å². The minimum absolute atomic E-state index is 0.0147. The minimum atomic E-state index is -1.10. The van der Waals surface area contributed by atoms with Gasteiger partial charge in [0.1, 0.15) is 5.56 Å². The number of carbonyl (C=O) groups is 3. The van der Waals surface area contributed by atoms with E-state index in [1.54, 1.807) is 0 Å². The first-order valence-electron chi connectivity index (χ1n) is 7.02. The fourth-order valence-corrected chi connectivity index (χ4v) is 2.07. The van der Waals surface area contributed by atoms with Gasteiger partial charge in [-0.1, -0.05) is 28.4 Å². The van der Waals surface area contributed by atoms with Gasteiger partial charge >= 0.3 is 17.9 Å². The Morgan fingerprint density at radius 3 is 2.00 bits per heavy atom. The lowest BCUT2D eigenvalue weighted by Crippen LogP contribution is -2.29. The first-order chi connectivity index (χ1) is 11.9. The number of halogens is 2. The highest BCUT2D eigenvalue weighted by Crippen LogP contribution is 2.34. The van der Waals surface area contributed by atoms with Crippen molar-refractivity contribution in [1.82, 2.24) is 0 Å². The molecule has 0 amide bonds. The molecule has 10 heteroatoms. The summed E-state index contributed by atoms with van der Waals surface area (Å²) in [6.45, 7) is 3.03. The van der Waals surface area contributed by atoms with E-state index < -0.39 is 23.6 Å². The van der Waals surface area contributed by atoms with Crippen molar-refractivity contribution in [3.63, 3.8) is 0 Å². The van der Waals surface area contributed by atoms with Crippen molar-refractivity contribution in [2.45, 2.75) is 13.8 Å². The number of oxime groups is 1. The molecular formula is C15H15Cl2NO7. The summed E-state index contributed by atoms with van der Waals surface area (Å²) < 4.78 is 14.3. The molecule has 136 valence electrons. The van der Waals surface area contributed by atoms with Crippen LogP contribution in [0.4, 0.5) is 0 Å². The summed E-state index contributed by atoms with van der Waals surface area (Å²) in [7, 11) is 1.28. The number of ether oxygens (including phenoxy) is 3. The van der Waals surface area contributed by atoms with Crippen LogP contribution in [0.25, 0.3) is 0 Å². The molecule has 0 atom stereocenters. The normalized spacial score (nSPS) is 9.80. The molecule has 0 saturated heterocycles. The van der Waals surface area contributed by atoms with Crippen LogP contribution >= 0.6 is 23.2 Å². The predicted octanol–water partition coefficient (Wildman–Crippen LogP) is 2.64. The molecule has 0 saturated carbocycles. The maximum Gasteiger partial charge on any atom is 0.371 e. The molecule has 1 aromatic rings.